The van der Waals surface area contributed by atoms with Crippen molar-refractivity contribution in [3.8, 4) is 0 Å². The fraction of sp³-hybridized carbons (Fsp3) is 1.00. The first-order valence-electron chi connectivity index (χ1n) is 4.15. The second-order valence-electron chi connectivity index (χ2n) is 3.54. The molecular weight excluding hydrogens is 142 g/mol. The Morgan fingerprint density at radius 1 is 1.64 bits per heavy atom. The molecule has 0 aromatic carbocycles. The normalized spacial score (nSPS) is 24.3. The zero-order chi connectivity index (χ0) is 8.32. The van der Waals surface area contributed by atoms with Gasteiger partial charge in [-0.05, 0) is 20.3 Å². The van der Waals surface area contributed by atoms with Gasteiger partial charge >= 0.3 is 0 Å². The first kappa shape index (κ1) is 8.97. The number of aliphatic hydroxyl groups excluding tert-OH is 1. The van der Waals surface area contributed by atoms with E-state index in [2.05, 4.69) is 12.2 Å². The minimum absolute atomic E-state index is 0.0366. The van der Waals surface area contributed by atoms with Gasteiger partial charge in [0.2, 0.25) is 0 Å². The van der Waals surface area contributed by atoms with Crippen LogP contribution in [0.1, 0.15) is 20.3 Å². The molecular formula is C8H17NO2. The summed E-state index contributed by atoms with van der Waals surface area (Å²) in [6.07, 6.45) is 0.488. The van der Waals surface area contributed by atoms with Crippen LogP contribution in [0.4, 0.5) is 0 Å². The summed E-state index contributed by atoms with van der Waals surface area (Å²) in [6, 6.07) is 0. The summed E-state index contributed by atoms with van der Waals surface area (Å²) in [5.74, 6) is 0. The van der Waals surface area contributed by atoms with Crippen molar-refractivity contribution >= 4 is 0 Å². The van der Waals surface area contributed by atoms with E-state index < -0.39 is 0 Å². The van der Waals surface area contributed by atoms with Crippen LogP contribution in [0, 0.1) is 0 Å². The molecule has 66 valence electrons. The summed E-state index contributed by atoms with van der Waals surface area (Å²) in [4.78, 5) is 0. The van der Waals surface area contributed by atoms with Gasteiger partial charge in [0.25, 0.3) is 0 Å². The summed E-state index contributed by atoms with van der Waals surface area (Å²) < 4.78 is 5.55. The quantitative estimate of drug-likeness (QED) is 0.613. The van der Waals surface area contributed by atoms with Gasteiger partial charge in [0, 0.05) is 19.7 Å². The van der Waals surface area contributed by atoms with Crippen LogP contribution < -0.4 is 5.32 Å². The third-order valence-electron chi connectivity index (χ3n) is 1.98. The molecule has 0 radical (unpaired) electrons. The van der Waals surface area contributed by atoms with Crippen LogP contribution in [0.2, 0.25) is 0 Å². The van der Waals surface area contributed by atoms with Gasteiger partial charge in [-0.15, -0.1) is 0 Å². The van der Waals surface area contributed by atoms with Gasteiger partial charge in [-0.25, -0.2) is 0 Å². The predicted octanol–water partition coefficient (Wildman–Crippen LogP) is 0.136. The van der Waals surface area contributed by atoms with Crippen molar-refractivity contribution in [1.29, 1.82) is 0 Å². The van der Waals surface area contributed by atoms with Crippen LogP contribution in [0.25, 0.3) is 0 Å². The van der Waals surface area contributed by atoms with E-state index >= 15 is 0 Å². The lowest BCUT2D eigenvalue weighted by Gasteiger charge is -2.39. The molecule has 0 spiro atoms. The summed E-state index contributed by atoms with van der Waals surface area (Å²) in [5, 5.41) is 12.1. The van der Waals surface area contributed by atoms with Crippen molar-refractivity contribution in [3.63, 3.8) is 0 Å². The Morgan fingerprint density at radius 2 is 2.27 bits per heavy atom. The molecule has 0 aromatic rings. The summed E-state index contributed by atoms with van der Waals surface area (Å²) >= 11 is 0. The topological polar surface area (TPSA) is 41.5 Å². The van der Waals surface area contributed by atoms with Crippen LogP contribution in [-0.4, -0.2) is 36.5 Å². The molecule has 1 saturated heterocycles. The third kappa shape index (κ3) is 2.77. The highest BCUT2D eigenvalue weighted by atomic mass is 16.5. The van der Waals surface area contributed by atoms with Gasteiger partial charge < -0.3 is 15.2 Å². The fourth-order valence-corrected chi connectivity index (χ4v) is 1.06. The second-order valence-corrected chi connectivity index (χ2v) is 3.54. The monoisotopic (exact) mass is 159 g/mol. The van der Waals surface area contributed by atoms with Gasteiger partial charge in [-0.1, -0.05) is 0 Å². The minimum atomic E-state index is -0.244. The highest BCUT2D eigenvalue weighted by molar-refractivity contribution is 4.89. The highest BCUT2D eigenvalue weighted by Gasteiger charge is 2.32. The molecule has 0 saturated carbocycles. The molecule has 1 aliphatic rings. The van der Waals surface area contributed by atoms with Crippen molar-refractivity contribution in [2.75, 3.05) is 19.7 Å². The Balaban J connectivity index is 2.02. The molecule has 1 heterocycles. The molecule has 2 N–H and O–H groups in total. The SMILES string of the molecule is CC(O)CCOC1(C)CNC1. The van der Waals surface area contributed by atoms with E-state index in [0.29, 0.717) is 6.61 Å². The second kappa shape index (κ2) is 3.52. The Labute approximate surface area is 67.7 Å². The maximum absolute atomic E-state index is 8.94. The van der Waals surface area contributed by atoms with E-state index in [1.165, 1.54) is 0 Å². The van der Waals surface area contributed by atoms with Gasteiger partial charge in [-0.3, -0.25) is 0 Å². The standard InChI is InChI=1S/C8H17NO2/c1-7(10)3-4-11-8(2)5-9-6-8/h7,9-10H,3-6H2,1-2H3. The number of nitrogens with one attached hydrogen (secondary N) is 1. The number of rotatable bonds is 4. The minimum Gasteiger partial charge on any atom is -0.393 e. The lowest BCUT2D eigenvalue weighted by atomic mass is 10.0. The maximum Gasteiger partial charge on any atom is 0.0901 e. The average Bonchev–Trinajstić information content (AvgIpc) is 1.83. The van der Waals surface area contributed by atoms with Gasteiger partial charge in [0.1, 0.15) is 0 Å². The van der Waals surface area contributed by atoms with Crippen LogP contribution >= 0.6 is 0 Å². The Bertz CT molecular complexity index is 121. The Kier molecular flexibility index (Phi) is 2.87. The Morgan fingerprint density at radius 3 is 2.64 bits per heavy atom. The van der Waals surface area contributed by atoms with Crippen molar-refractivity contribution in [3.05, 3.63) is 0 Å². The molecule has 0 bridgehead atoms. The number of ether oxygens (including phenoxy) is 1. The molecule has 0 aliphatic carbocycles. The van der Waals surface area contributed by atoms with Crippen LogP contribution in [0.5, 0.6) is 0 Å². The molecule has 11 heavy (non-hydrogen) atoms. The van der Waals surface area contributed by atoms with Gasteiger partial charge in [-0.2, -0.15) is 0 Å². The summed E-state index contributed by atoms with van der Waals surface area (Å²) in [7, 11) is 0. The molecule has 1 aliphatic heterocycles. The van der Waals surface area contributed by atoms with Crippen LogP contribution in [0.15, 0.2) is 0 Å². The van der Waals surface area contributed by atoms with Crippen LogP contribution in [-0.2, 0) is 4.74 Å². The van der Waals surface area contributed by atoms with E-state index in [1.54, 1.807) is 6.92 Å². The molecule has 1 atom stereocenters. The average molecular weight is 159 g/mol. The number of hydrogen-bond donors (Lipinski definition) is 2. The van der Waals surface area contributed by atoms with E-state index in [9.17, 15) is 0 Å². The first-order chi connectivity index (χ1) is 5.12. The van der Waals surface area contributed by atoms with E-state index in [4.69, 9.17) is 9.84 Å². The van der Waals surface area contributed by atoms with E-state index in [1.807, 2.05) is 0 Å². The fourth-order valence-electron chi connectivity index (χ4n) is 1.06. The van der Waals surface area contributed by atoms with Crippen LogP contribution in [0.3, 0.4) is 0 Å². The molecule has 3 nitrogen and oxygen atoms in total. The third-order valence-corrected chi connectivity index (χ3v) is 1.98. The molecule has 1 unspecified atom stereocenters. The predicted molar refractivity (Wildman–Crippen MR) is 43.5 cm³/mol. The zero-order valence-corrected chi connectivity index (χ0v) is 7.26. The smallest absolute Gasteiger partial charge is 0.0901 e. The molecule has 1 fully saturated rings. The summed E-state index contributed by atoms with van der Waals surface area (Å²) in [6.45, 7) is 6.41. The molecule has 0 amide bonds. The molecule has 1 rings (SSSR count). The van der Waals surface area contributed by atoms with Crippen molar-refractivity contribution in [2.45, 2.75) is 32.0 Å². The zero-order valence-electron chi connectivity index (χ0n) is 7.26. The molecule has 0 aromatic heterocycles. The van der Waals surface area contributed by atoms with E-state index in [-0.39, 0.29) is 11.7 Å². The lowest BCUT2D eigenvalue weighted by Crippen LogP contribution is -2.59. The van der Waals surface area contributed by atoms with Crippen molar-refractivity contribution < 1.29 is 9.84 Å². The number of hydrogen-bond acceptors (Lipinski definition) is 3. The maximum atomic E-state index is 8.94. The number of aliphatic hydroxyl groups is 1. The van der Waals surface area contributed by atoms with Gasteiger partial charge in [0.15, 0.2) is 0 Å². The molecule has 3 heteroatoms. The largest absolute Gasteiger partial charge is 0.393 e. The summed E-state index contributed by atoms with van der Waals surface area (Å²) in [5.41, 5.74) is 0.0366. The van der Waals surface area contributed by atoms with Gasteiger partial charge in [0.05, 0.1) is 11.7 Å². The lowest BCUT2D eigenvalue weighted by molar-refractivity contribution is -0.0740. The highest BCUT2D eigenvalue weighted by Crippen LogP contribution is 2.15. The van der Waals surface area contributed by atoms with Crippen molar-refractivity contribution in [2.24, 2.45) is 0 Å². The van der Waals surface area contributed by atoms with Crippen molar-refractivity contribution in [1.82, 2.24) is 5.32 Å². The van der Waals surface area contributed by atoms with E-state index in [0.717, 1.165) is 19.5 Å². The first-order valence-corrected chi connectivity index (χ1v) is 4.15. The Hall–Kier alpha value is -0.120.